The van der Waals surface area contributed by atoms with Crippen molar-refractivity contribution in [2.24, 2.45) is 0 Å². The molecule has 0 bridgehead atoms. The molecule has 0 saturated carbocycles. The van der Waals surface area contributed by atoms with Crippen LogP contribution in [0.3, 0.4) is 0 Å². The number of carbonyl (C=O) groups is 1. The van der Waals surface area contributed by atoms with E-state index in [0.29, 0.717) is 13.1 Å². The predicted molar refractivity (Wildman–Crippen MR) is 119 cm³/mol. The average molecular weight is 408 g/mol. The summed E-state index contributed by atoms with van der Waals surface area (Å²) >= 11 is 0. The SMILES string of the molecule is CN1CCC(N(C)C(=O)N2CC(c3cccc(F)c3)=CC(c3ccccc3)C2)CC1. The summed E-state index contributed by atoms with van der Waals surface area (Å²) in [5.41, 5.74) is 3.01. The van der Waals surface area contributed by atoms with Crippen molar-refractivity contribution >= 4 is 11.6 Å². The maximum absolute atomic E-state index is 13.9. The van der Waals surface area contributed by atoms with E-state index in [-0.39, 0.29) is 23.8 Å². The van der Waals surface area contributed by atoms with Gasteiger partial charge in [0.15, 0.2) is 0 Å². The molecule has 30 heavy (non-hydrogen) atoms. The Kier molecular flexibility index (Phi) is 6.18. The predicted octanol–water partition coefficient (Wildman–Crippen LogP) is 4.45. The van der Waals surface area contributed by atoms with Gasteiger partial charge in [-0.1, -0.05) is 48.5 Å². The van der Waals surface area contributed by atoms with Crippen LogP contribution in [0.15, 0.2) is 60.7 Å². The van der Waals surface area contributed by atoms with Crippen LogP contribution in [0.5, 0.6) is 0 Å². The highest BCUT2D eigenvalue weighted by Gasteiger charge is 2.31. The van der Waals surface area contributed by atoms with Crippen LogP contribution in [0, 0.1) is 5.82 Å². The minimum Gasteiger partial charge on any atom is -0.325 e. The Morgan fingerprint density at radius 3 is 2.50 bits per heavy atom. The fraction of sp³-hybridized carbons (Fsp3) is 0.400. The van der Waals surface area contributed by atoms with Gasteiger partial charge in [-0.05, 0) is 61.8 Å². The number of halogens is 1. The molecular formula is C25H30FN3O. The Balaban J connectivity index is 1.59. The second kappa shape index (κ2) is 9.00. The number of amides is 2. The van der Waals surface area contributed by atoms with Gasteiger partial charge in [-0.3, -0.25) is 0 Å². The van der Waals surface area contributed by atoms with E-state index in [9.17, 15) is 9.18 Å². The normalized spacial score (nSPS) is 20.7. The van der Waals surface area contributed by atoms with Crippen LogP contribution in [-0.4, -0.2) is 67.0 Å². The highest BCUT2D eigenvalue weighted by Crippen LogP contribution is 2.31. The van der Waals surface area contributed by atoms with Crippen molar-refractivity contribution in [2.45, 2.75) is 24.8 Å². The zero-order valence-corrected chi connectivity index (χ0v) is 17.8. The first-order valence-corrected chi connectivity index (χ1v) is 10.7. The van der Waals surface area contributed by atoms with Crippen LogP contribution in [0.25, 0.3) is 5.57 Å². The van der Waals surface area contributed by atoms with E-state index in [4.69, 9.17) is 0 Å². The van der Waals surface area contributed by atoms with E-state index < -0.39 is 0 Å². The first kappa shape index (κ1) is 20.6. The molecule has 4 rings (SSSR count). The summed E-state index contributed by atoms with van der Waals surface area (Å²) in [6.07, 6.45) is 4.20. The monoisotopic (exact) mass is 407 g/mol. The van der Waals surface area contributed by atoms with Gasteiger partial charge in [0.05, 0.1) is 0 Å². The molecule has 0 aromatic heterocycles. The number of hydrogen-bond donors (Lipinski definition) is 0. The molecule has 0 radical (unpaired) electrons. The van der Waals surface area contributed by atoms with E-state index in [0.717, 1.165) is 37.1 Å². The van der Waals surface area contributed by atoms with Crippen molar-refractivity contribution in [2.75, 3.05) is 40.3 Å². The Hall–Kier alpha value is -2.66. The summed E-state index contributed by atoms with van der Waals surface area (Å²) in [5.74, 6) is -0.162. The topological polar surface area (TPSA) is 26.8 Å². The molecule has 2 aromatic rings. The van der Waals surface area contributed by atoms with Gasteiger partial charge in [0, 0.05) is 32.1 Å². The molecule has 1 unspecified atom stereocenters. The molecule has 0 aliphatic carbocycles. The molecule has 2 aromatic carbocycles. The Morgan fingerprint density at radius 1 is 1.07 bits per heavy atom. The average Bonchev–Trinajstić information content (AvgIpc) is 2.79. The molecule has 1 saturated heterocycles. The van der Waals surface area contributed by atoms with Crippen molar-refractivity contribution < 1.29 is 9.18 Å². The number of urea groups is 1. The van der Waals surface area contributed by atoms with Crippen LogP contribution in [0.4, 0.5) is 9.18 Å². The van der Waals surface area contributed by atoms with Crippen LogP contribution in [0.2, 0.25) is 0 Å². The second-order valence-corrected chi connectivity index (χ2v) is 8.53. The number of benzene rings is 2. The van der Waals surface area contributed by atoms with Gasteiger partial charge in [0.2, 0.25) is 0 Å². The van der Waals surface area contributed by atoms with Gasteiger partial charge in [-0.15, -0.1) is 0 Å². The van der Waals surface area contributed by atoms with Gasteiger partial charge in [0.1, 0.15) is 5.82 Å². The molecule has 1 atom stereocenters. The molecular weight excluding hydrogens is 377 g/mol. The van der Waals surface area contributed by atoms with E-state index in [1.54, 1.807) is 12.1 Å². The Labute approximate surface area is 178 Å². The van der Waals surface area contributed by atoms with Crippen LogP contribution < -0.4 is 0 Å². The summed E-state index contributed by atoms with van der Waals surface area (Å²) in [6.45, 7) is 3.17. The van der Waals surface area contributed by atoms with Gasteiger partial charge < -0.3 is 14.7 Å². The van der Waals surface area contributed by atoms with Crippen molar-refractivity contribution in [3.63, 3.8) is 0 Å². The molecule has 2 heterocycles. The molecule has 2 amide bonds. The zero-order chi connectivity index (χ0) is 21.1. The summed E-state index contributed by atoms with van der Waals surface area (Å²) in [4.78, 5) is 19.6. The maximum Gasteiger partial charge on any atom is 0.320 e. The number of hydrogen-bond acceptors (Lipinski definition) is 2. The number of carbonyl (C=O) groups excluding carboxylic acids is 1. The first-order valence-electron chi connectivity index (χ1n) is 10.7. The number of nitrogens with zero attached hydrogens (tertiary/aromatic N) is 3. The fourth-order valence-corrected chi connectivity index (χ4v) is 4.54. The summed E-state index contributed by atoms with van der Waals surface area (Å²) < 4.78 is 13.9. The number of rotatable bonds is 3. The Bertz CT molecular complexity index is 906. The zero-order valence-electron chi connectivity index (χ0n) is 17.8. The van der Waals surface area contributed by atoms with Crippen molar-refractivity contribution in [3.05, 3.63) is 77.6 Å². The minimum absolute atomic E-state index is 0.0625. The largest absolute Gasteiger partial charge is 0.325 e. The molecule has 0 N–H and O–H groups in total. The third-order valence-electron chi connectivity index (χ3n) is 6.41. The van der Waals surface area contributed by atoms with Crippen molar-refractivity contribution in [1.29, 1.82) is 0 Å². The lowest BCUT2D eigenvalue weighted by Crippen LogP contribution is -2.51. The van der Waals surface area contributed by atoms with Crippen LogP contribution >= 0.6 is 0 Å². The van der Waals surface area contributed by atoms with Crippen molar-refractivity contribution in [3.8, 4) is 0 Å². The lowest BCUT2D eigenvalue weighted by molar-refractivity contribution is 0.121. The molecule has 5 heteroatoms. The molecule has 0 spiro atoms. The smallest absolute Gasteiger partial charge is 0.320 e. The number of likely N-dealkylation sites (tertiary alicyclic amines) is 1. The highest BCUT2D eigenvalue weighted by atomic mass is 19.1. The van der Waals surface area contributed by atoms with E-state index in [1.165, 1.54) is 11.6 Å². The summed E-state index contributed by atoms with van der Waals surface area (Å²) in [6, 6.07) is 17.2. The molecule has 158 valence electrons. The van der Waals surface area contributed by atoms with Crippen LogP contribution in [-0.2, 0) is 0 Å². The lowest BCUT2D eigenvalue weighted by atomic mass is 9.90. The fourth-order valence-electron chi connectivity index (χ4n) is 4.54. The first-order chi connectivity index (χ1) is 14.5. The molecule has 2 aliphatic heterocycles. The lowest BCUT2D eigenvalue weighted by Gasteiger charge is -2.40. The van der Waals surface area contributed by atoms with E-state index in [2.05, 4.69) is 30.2 Å². The highest BCUT2D eigenvalue weighted by molar-refractivity contribution is 5.80. The van der Waals surface area contributed by atoms with Gasteiger partial charge >= 0.3 is 6.03 Å². The van der Waals surface area contributed by atoms with Crippen molar-refractivity contribution in [1.82, 2.24) is 14.7 Å². The Morgan fingerprint density at radius 2 is 1.80 bits per heavy atom. The third-order valence-corrected chi connectivity index (χ3v) is 6.41. The summed E-state index contributed by atoms with van der Waals surface area (Å²) in [7, 11) is 4.05. The van der Waals surface area contributed by atoms with E-state index in [1.807, 2.05) is 41.1 Å². The van der Waals surface area contributed by atoms with E-state index >= 15 is 0 Å². The molecule has 2 aliphatic rings. The minimum atomic E-state index is -0.253. The summed E-state index contributed by atoms with van der Waals surface area (Å²) in [5, 5.41) is 0. The van der Waals surface area contributed by atoms with Gasteiger partial charge in [0.25, 0.3) is 0 Å². The quantitative estimate of drug-likeness (QED) is 0.751. The molecule has 1 fully saturated rings. The van der Waals surface area contributed by atoms with Gasteiger partial charge in [-0.2, -0.15) is 0 Å². The van der Waals surface area contributed by atoms with Crippen LogP contribution in [0.1, 0.15) is 29.9 Å². The second-order valence-electron chi connectivity index (χ2n) is 8.53. The standard InChI is InChI=1S/C25H30FN3O/c1-27-13-11-24(12-14-27)28(2)25(30)29-17-21(19-7-4-3-5-8-19)15-22(18-29)20-9-6-10-23(26)16-20/h3-10,15-16,21,24H,11-14,17-18H2,1-2H3. The third kappa shape index (κ3) is 4.57. The molecule has 4 nitrogen and oxygen atoms in total. The van der Waals surface area contributed by atoms with Gasteiger partial charge in [-0.25, -0.2) is 9.18 Å². The maximum atomic E-state index is 13.9. The number of piperidine rings is 1.